The monoisotopic (exact) mass is 268 g/mol. The van der Waals surface area contributed by atoms with E-state index in [-0.39, 0.29) is 17.7 Å². The molecule has 0 radical (unpaired) electrons. The molecule has 4 nitrogen and oxygen atoms in total. The number of anilines is 1. The maximum absolute atomic E-state index is 13.8. The molecule has 0 saturated heterocycles. The van der Waals surface area contributed by atoms with Gasteiger partial charge in [-0.15, -0.1) is 0 Å². The number of halogens is 2. The van der Waals surface area contributed by atoms with Gasteiger partial charge in [0.05, 0.1) is 6.04 Å². The summed E-state index contributed by atoms with van der Waals surface area (Å²) in [5.74, 6) is 4.24. The molecule has 1 saturated carbocycles. The Hall–Kier alpha value is -1.69. The summed E-state index contributed by atoms with van der Waals surface area (Å²) in [6, 6.07) is 2.76. The molecule has 0 heterocycles. The van der Waals surface area contributed by atoms with Crippen LogP contribution in [0, 0.1) is 18.6 Å². The zero-order chi connectivity index (χ0) is 13.8. The first-order valence-corrected chi connectivity index (χ1v) is 6.38. The largest absolute Gasteiger partial charge is 0.320 e. The Balaban J connectivity index is 2.20. The van der Waals surface area contributed by atoms with Crippen molar-refractivity contribution in [1.82, 2.24) is 5.43 Å². The molecule has 1 aliphatic carbocycles. The molecule has 0 aromatic heterocycles. The number of aliphatic imine (C=N–C) groups is 1. The summed E-state index contributed by atoms with van der Waals surface area (Å²) >= 11 is 0. The van der Waals surface area contributed by atoms with Crippen molar-refractivity contribution < 1.29 is 8.78 Å². The topological polar surface area (TPSA) is 62.4 Å². The van der Waals surface area contributed by atoms with E-state index in [0.717, 1.165) is 25.7 Å². The number of hydrazine groups is 1. The van der Waals surface area contributed by atoms with Crippen molar-refractivity contribution in [1.29, 1.82) is 0 Å². The van der Waals surface area contributed by atoms with Gasteiger partial charge in [-0.3, -0.25) is 5.43 Å². The predicted octanol–water partition coefficient (Wildman–Crippen LogP) is 2.45. The van der Waals surface area contributed by atoms with Crippen molar-refractivity contribution >= 4 is 11.6 Å². The molecule has 6 heteroatoms. The minimum absolute atomic E-state index is 0.162. The van der Waals surface area contributed by atoms with Crippen molar-refractivity contribution in [3.63, 3.8) is 0 Å². The average molecular weight is 268 g/mol. The molecular weight excluding hydrogens is 250 g/mol. The Bertz CT molecular complexity index is 482. The number of benzene rings is 1. The van der Waals surface area contributed by atoms with Crippen molar-refractivity contribution in [2.24, 2.45) is 10.8 Å². The first kappa shape index (κ1) is 13.7. The Morgan fingerprint density at radius 2 is 2.00 bits per heavy atom. The van der Waals surface area contributed by atoms with Crippen molar-refractivity contribution in [2.45, 2.75) is 38.6 Å². The fraction of sp³-hybridized carbons (Fsp3) is 0.462. The lowest BCUT2D eigenvalue weighted by Gasteiger charge is -2.13. The summed E-state index contributed by atoms with van der Waals surface area (Å²) in [5, 5.41) is 2.60. The van der Waals surface area contributed by atoms with E-state index in [1.54, 1.807) is 6.92 Å². The zero-order valence-corrected chi connectivity index (χ0v) is 10.8. The number of nitrogens with one attached hydrogen (secondary N) is 2. The van der Waals surface area contributed by atoms with E-state index in [1.165, 1.54) is 12.1 Å². The molecule has 0 amide bonds. The number of nitrogens with zero attached hydrogens (tertiary/aromatic N) is 1. The molecule has 1 aromatic carbocycles. The zero-order valence-electron chi connectivity index (χ0n) is 10.8. The quantitative estimate of drug-likeness (QED) is 0.334. The van der Waals surface area contributed by atoms with E-state index in [9.17, 15) is 8.78 Å². The number of guanidine groups is 1. The van der Waals surface area contributed by atoms with Gasteiger partial charge in [0.25, 0.3) is 0 Å². The fourth-order valence-corrected chi connectivity index (χ4v) is 2.21. The molecular formula is C13H18F2N4. The van der Waals surface area contributed by atoms with Crippen LogP contribution in [0.2, 0.25) is 0 Å². The van der Waals surface area contributed by atoms with Gasteiger partial charge in [0, 0.05) is 0 Å². The second-order valence-electron chi connectivity index (χ2n) is 4.74. The van der Waals surface area contributed by atoms with E-state index in [2.05, 4.69) is 15.7 Å². The first-order valence-electron chi connectivity index (χ1n) is 6.38. The van der Waals surface area contributed by atoms with E-state index < -0.39 is 11.6 Å². The molecule has 0 bridgehead atoms. The maximum Gasteiger partial charge on any atom is 0.210 e. The van der Waals surface area contributed by atoms with Crippen LogP contribution >= 0.6 is 0 Å². The van der Waals surface area contributed by atoms with Crippen molar-refractivity contribution in [3.05, 3.63) is 29.3 Å². The molecule has 19 heavy (non-hydrogen) atoms. The smallest absolute Gasteiger partial charge is 0.210 e. The third-order valence-electron chi connectivity index (χ3n) is 3.30. The van der Waals surface area contributed by atoms with Crippen LogP contribution in [0.25, 0.3) is 0 Å². The summed E-state index contributed by atoms with van der Waals surface area (Å²) in [7, 11) is 0. The normalized spacial score (nSPS) is 16.7. The van der Waals surface area contributed by atoms with E-state index in [4.69, 9.17) is 5.84 Å². The summed E-state index contributed by atoms with van der Waals surface area (Å²) in [4.78, 5) is 4.34. The highest BCUT2D eigenvalue weighted by Gasteiger charge is 2.17. The van der Waals surface area contributed by atoms with Crippen LogP contribution in [-0.4, -0.2) is 12.0 Å². The Morgan fingerprint density at radius 1 is 1.32 bits per heavy atom. The molecule has 1 aromatic rings. The molecule has 0 unspecified atom stereocenters. The minimum Gasteiger partial charge on any atom is -0.320 e. The summed E-state index contributed by atoms with van der Waals surface area (Å²) in [6.45, 7) is 1.57. The highest BCUT2D eigenvalue weighted by molar-refractivity contribution is 5.93. The lowest BCUT2D eigenvalue weighted by atomic mass is 10.2. The number of hydrogen-bond donors (Lipinski definition) is 3. The minimum atomic E-state index is -0.669. The summed E-state index contributed by atoms with van der Waals surface area (Å²) in [5.41, 5.74) is 2.49. The third-order valence-corrected chi connectivity index (χ3v) is 3.30. The molecule has 0 aliphatic heterocycles. The number of nitrogens with two attached hydrogens (primary N) is 1. The first-order chi connectivity index (χ1) is 9.11. The molecule has 0 atom stereocenters. The molecule has 2 rings (SSSR count). The Morgan fingerprint density at radius 3 is 2.63 bits per heavy atom. The van der Waals surface area contributed by atoms with Crippen LogP contribution in [0.1, 0.15) is 31.2 Å². The van der Waals surface area contributed by atoms with E-state index in [0.29, 0.717) is 5.56 Å². The van der Waals surface area contributed by atoms with Gasteiger partial charge < -0.3 is 5.32 Å². The summed E-state index contributed by atoms with van der Waals surface area (Å²) in [6.07, 6.45) is 4.20. The molecule has 104 valence electrons. The van der Waals surface area contributed by atoms with Gasteiger partial charge in [-0.2, -0.15) is 0 Å². The number of hydrogen-bond acceptors (Lipinski definition) is 2. The van der Waals surface area contributed by atoms with Gasteiger partial charge in [-0.25, -0.2) is 19.6 Å². The lowest BCUT2D eigenvalue weighted by Crippen LogP contribution is -2.37. The highest BCUT2D eigenvalue weighted by atomic mass is 19.1. The SMILES string of the molecule is Cc1ccc(F)c(NC(=NC2CCCC2)NN)c1F. The molecule has 1 aliphatic rings. The molecule has 4 N–H and O–H groups in total. The highest BCUT2D eigenvalue weighted by Crippen LogP contribution is 2.23. The van der Waals surface area contributed by atoms with Gasteiger partial charge in [-0.1, -0.05) is 18.9 Å². The number of aryl methyl sites for hydroxylation is 1. The van der Waals surface area contributed by atoms with Gasteiger partial charge in [-0.05, 0) is 31.4 Å². The summed E-state index contributed by atoms with van der Waals surface area (Å²) < 4.78 is 27.5. The predicted molar refractivity (Wildman–Crippen MR) is 71.7 cm³/mol. The lowest BCUT2D eigenvalue weighted by molar-refractivity contribution is 0.584. The van der Waals surface area contributed by atoms with E-state index in [1.807, 2.05) is 0 Å². The second-order valence-corrected chi connectivity index (χ2v) is 4.74. The van der Waals surface area contributed by atoms with E-state index >= 15 is 0 Å². The van der Waals surface area contributed by atoms with Crippen LogP contribution in [0.5, 0.6) is 0 Å². The van der Waals surface area contributed by atoms with Crippen LogP contribution in [-0.2, 0) is 0 Å². The van der Waals surface area contributed by atoms with Crippen molar-refractivity contribution in [2.75, 3.05) is 5.32 Å². The average Bonchev–Trinajstić information content (AvgIpc) is 2.90. The Kier molecular flexibility index (Phi) is 4.31. The third kappa shape index (κ3) is 3.20. The Labute approximate surface area is 111 Å². The number of rotatable bonds is 2. The molecule has 1 fully saturated rings. The van der Waals surface area contributed by atoms with Crippen LogP contribution in [0.15, 0.2) is 17.1 Å². The van der Waals surface area contributed by atoms with Crippen LogP contribution in [0.3, 0.4) is 0 Å². The van der Waals surface area contributed by atoms with Gasteiger partial charge in [0.2, 0.25) is 5.96 Å². The standard InChI is InChI=1S/C13H18F2N4/c1-8-6-7-10(14)12(11(8)15)18-13(19-16)17-9-4-2-3-5-9/h6-7,9H,2-5,16H2,1H3,(H2,17,18,19). The van der Waals surface area contributed by atoms with Crippen LogP contribution in [0.4, 0.5) is 14.5 Å². The van der Waals surface area contributed by atoms with Gasteiger partial charge >= 0.3 is 0 Å². The molecule has 0 spiro atoms. The second kappa shape index (κ2) is 5.97. The van der Waals surface area contributed by atoms with Gasteiger partial charge in [0.15, 0.2) is 5.82 Å². The van der Waals surface area contributed by atoms with Gasteiger partial charge in [0.1, 0.15) is 11.5 Å². The fourth-order valence-electron chi connectivity index (χ4n) is 2.21. The maximum atomic E-state index is 13.8. The van der Waals surface area contributed by atoms with Crippen molar-refractivity contribution in [3.8, 4) is 0 Å². The van der Waals surface area contributed by atoms with Crippen LogP contribution < -0.4 is 16.6 Å².